The van der Waals surface area contributed by atoms with Gasteiger partial charge in [-0.15, -0.1) is 0 Å². The lowest BCUT2D eigenvalue weighted by Crippen LogP contribution is -2.64. The molecule has 0 aromatic carbocycles. The van der Waals surface area contributed by atoms with Crippen LogP contribution in [0.25, 0.3) is 0 Å². The molecule has 19 heteroatoms. The zero-order chi connectivity index (χ0) is 35.6. The molecule has 17 nitrogen and oxygen atoms in total. The molecule has 264 valence electrons. The number of esters is 7. The van der Waals surface area contributed by atoms with Crippen LogP contribution in [0.5, 0.6) is 0 Å². The number of carbonyl (C=O) groups is 8. The van der Waals surface area contributed by atoms with E-state index in [-0.39, 0.29) is 10.9 Å². The number of carbonyl (C=O) groups excluding carboxylic acids is 8. The lowest BCUT2D eigenvalue weighted by Gasteiger charge is -2.48. The van der Waals surface area contributed by atoms with E-state index >= 15 is 0 Å². The molecule has 0 spiro atoms. The smallest absolute Gasteiger partial charge is 0.303 e. The maximum absolute atomic E-state index is 12.3. The molecule has 2 aliphatic rings. The van der Waals surface area contributed by atoms with Crippen LogP contribution in [-0.4, -0.2) is 119 Å². The standard InChI is InChI=1S/C28H38O17S2/c1-11(29)37-9-19-21(38-12(2)30)23(40-14(4)32)25(42-16(6)34)27(44-19)47-28-26(43-17(7)35)24(41-15(5)33)22(39-13(3)31)20(45-28)10-46-18(8)36/h19-28H,9-10H2,1-8H3/t19-,20+,21-,22-,23+,24-,25-,26+,27+,28+/m0/s1. The van der Waals surface area contributed by atoms with Crippen LogP contribution in [0.2, 0.25) is 0 Å². The fourth-order valence-corrected chi connectivity index (χ4v) is 6.80. The second kappa shape index (κ2) is 18.2. The van der Waals surface area contributed by atoms with Crippen molar-refractivity contribution in [1.82, 2.24) is 0 Å². The van der Waals surface area contributed by atoms with Crippen LogP contribution in [0.3, 0.4) is 0 Å². The summed E-state index contributed by atoms with van der Waals surface area (Å²) < 4.78 is 50.3. The predicted molar refractivity (Wildman–Crippen MR) is 158 cm³/mol. The van der Waals surface area contributed by atoms with Gasteiger partial charge in [-0.25, -0.2) is 0 Å². The summed E-state index contributed by atoms with van der Waals surface area (Å²) >= 11 is 1.54. The monoisotopic (exact) mass is 710 g/mol. The molecule has 0 radical (unpaired) electrons. The van der Waals surface area contributed by atoms with Gasteiger partial charge >= 0.3 is 41.8 Å². The molecule has 2 fully saturated rings. The lowest BCUT2D eigenvalue weighted by molar-refractivity contribution is -0.240. The molecular formula is C28H38O17S2. The fourth-order valence-electron chi connectivity index (χ4n) is 4.73. The first-order valence-corrected chi connectivity index (χ1v) is 16.1. The molecule has 0 bridgehead atoms. The Morgan fingerprint density at radius 3 is 1.17 bits per heavy atom. The maximum atomic E-state index is 12.3. The second-order valence-corrected chi connectivity index (χ2v) is 12.7. The molecule has 2 saturated heterocycles. The Balaban J connectivity index is 2.69. The summed E-state index contributed by atoms with van der Waals surface area (Å²) in [6.45, 7) is 8.35. The average molecular weight is 711 g/mol. The summed E-state index contributed by atoms with van der Waals surface area (Å²) in [7, 11) is 0. The zero-order valence-corrected chi connectivity index (χ0v) is 28.6. The predicted octanol–water partition coefficient (Wildman–Crippen LogP) is 0.602. The number of rotatable bonds is 12. The minimum Gasteiger partial charge on any atom is -0.463 e. The van der Waals surface area contributed by atoms with Gasteiger partial charge in [0.05, 0.1) is 0 Å². The van der Waals surface area contributed by atoms with Crippen LogP contribution in [0, 0.1) is 0 Å². The Bertz CT molecular complexity index is 1120. The first-order valence-electron chi connectivity index (χ1n) is 14.2. The van der Waals surface area contributed by atoms with Gasteiger partial charge < -0.3 is 42.6 Å². The minimum absolute atomic E-state index is 0.104. The Kier molecular flexibility index (Phi) is 15.4. The third-order valence-corrected chi connectivity index (χ3v) is 8.36. The van der Waals surface area contributed by atoms with E-state index in [4.69, 9.17) is 42.6 Å². The number of hydrogen-bond acceptors (Lipinski definition) is 19. The Labute approximate surface area is 278 Å². The normalized spacial score (nSPS) is 30.1. The van der Waals surface area contributed by atoms with Crippen LogP contribution >= 0.6 is 23.5 Å². The minimum atomic E-state index is -1.51. The van der Waals surface area contributed by atoms with Gasteiger partial charge in [0.15, 0.2) is 41.7 Å². The molecule has 0 amide bonds. The largest absolute Gasteiger partial charge is 0.463 e. The second-order valence-electron chi connectivity index (χ2n) is 10.3. The van der Waals surface area contributed by atoms with Crippen molar-refractivity contribution in [2.75, 3.05) is 12.4 Å². The molecular weight excluding hydrogens is 672 g/mol. The van der Waals surface area contributed by atoms with E-state index in [0.717, 1.165) is 72.0 Å². The van der Waals surface area contributed by atoms with Crippen molar-refractivity contribution in [3.05, 3.63) is 0 Å². The van der Waals surface area contributed by atoms with Gasteiger partial charge in [-0.2, -0.15) is 0 Å². The van der Waals surface area contributed by atoms with E-state index in [1.807, 2.05) is 0 Å². The molecule has 0 aromatic heterocycles. The van der Waals surface area contributed by atoms with E-state index in [1.54, 1.807) is 0 Å². The number of thioether (sulfide) groups is 2. The molecule has 2 heterocycles. The molecule has 0 aromatic rings. The van der Waals surface area contributed by atoms with Crippen molar-refractivity contribution < 1.29 is 81.0 Å². The maximum Gasteiger partial charge on any atom is 0.303 e. The molecule has 0 unspecified atom stereocenters. The van der Waals surface area contributed by atoms with E-state index in [1.165, 1.54) is 6.92 Å². The van der Waals surface area contributed by atoms with Crippen LogP contribution in [0.1, 0.15) is 55.4 Å². The molecule has 2 rings (SSSR count). The Morgan fingerprint density at radius 1 is 0.468 bits per heavy atom. The van der Waals surface area contributed by atoms with Crippen molar-refractivity contribution in [1.29, 1.82) is 0 Å². The SMILES string of the molecule is CC(=O)OC[C@@H]1O[C@H](S[C@H]2O[C@H](CSC(C)=O)[C@H](OC(C)=O)[C@H](OC(C)=O)[C@H]2OC(C)=O)[C@@H](OC(C)=O)[C@H](OC(C)=O)[C@H]1OC(C)=O. The third-order valence-electron chi connectivity index (χ3n) is 6.16. The summed E-state index contributed by atoms with van der Waals surface area (Å²) in [6.07, 6.45) is -11.2. The summed E-state index contributed by atoms with van der Waals surface area (Å²) in [5.41, 5.74) is -2.74. The van der Waals surface area contributed by atoms with Crippen molar-refractivity contribution in [3.8, 4) is 0 Å². The van der Waals surface area contributed by atoms with Gasteiger partial charge in [0.25, 0.3) is 0 Å². The average Bonchev–Trinajstić information content (AvgIpc) is 2.91. The lowest BCUT2D eigenvalue weighted by atomic mass is 9.99. The van der Waals surface area contributed by atoms with Crippen LogP contribution < -0.4 is 0 Å². The summed E-state index contributed by atoms with van der Waals surface area (Å²) in [4.78, 5) is 96.7. The molecule has 2 aliphatic heterocycles. The van der Waals surface area contributed by atoms with Crippen LogP contribution in [-0.2, 0) is 81.0 Å². The van der Waals surface area contributed by atoms with Gasteiger partial charge in [-0.1, -0.05) is 23.5 Å². The number of ether oxygens (including phenoxy) is 9. The van der Waals surface area contributed by atoms with Gasteiger partial charge in [0.2, 0.25) is 0 Å². The van der Waals surface area contributed by atoms with Crippen molar-refractivity contribution in [3.63, 3.8) is 0 Å². The first kappa shape index (κ1) is 39.8. The molecule has 0 N–H and O–H groups in total. The Morgan fingerprint density at radius 2 is 0.809 bits per heavy atom. The number of hydrogen-bond donors (Lipinski definition) is 0. The van der Waals surface area contributed by atoms with Crippen molar-refractivity contribution in [2.45, 2.75) is 115 Å². The quantitative estimate of drug-likeness (QED) is 0.200. The molecule has 0 aliphatic carbocycles. The highest BCUT2D eigenvalue weighted by Gasteiger charge is 2.57. The fraction of sp³-hybridized carbons (Fsp3) is 0.714. The zero-order valence-electron chi connectivity index (χ0n) is 26.9. The van der Waals surface area contributed by atoms with Gasteiger partial charge in [-0.3, -0.25) is 38.4 Å². The van der Waals surface area contributed by atoms with E-state index in [9.17, 15) is 38.4 Å². The molecule has 0 saturated carbocycles. The summed E-state index contributed by atoms with van der Waals surface area (Å²) in [6, 6.07) is 0. The van der Waals surface area contributed by atoms with Crippen LogP contribution in [0.15, 0.2) is 0 Å². The van der Waals surface area contributed by atoms with Crippen LogP contribution in [0.4, 0.5) is 0 Å². The Hall–Kier alpha value is -3.42. The van der Waals surface area contributed by atoms with Crippen molar-refractivity contribution in [2.24, 2.45) is 0 Å². The summed E-state index contributed by atoms with van der Waals surface area (Å²) in [5.74, 6) is -5.83. The van der Waals surface area contributed by atoms with Gasteiger partial charge in [0, 0.05) is 61.1 Å². The van der Waals surface area contributed by atoms with E-state index in [0.29, 0.717) is 0 Å². The van der Waals surface area contributed by atoms with E-state index < -0.39 is 108 Å². The van der Waals surface area contributed by atoms with Crippen molar-refractivity contribution >= 4 is 70.4 Å². The summed E-state index contributed by atoms with van der Waals surface area (Å²) in [5, 5.41) is -0.315. The highest BCUT2D eigenvalue weighted by Crippen LogP contribution is 2.42. The van der Waals surface area contributed by atoms with E-state index in [2.05, 4.69) is 0 Å². The molecule has 10 atom stereocenters. The van der Waals surface area contributed by atoms with Gasteiger partial charge in [-0.05, 0) is 0 Å². The molecule has 47 heavy (non-hydrogen) atoms. The van der Waals surface area contributed by atoms with Gasteiger partial charge in [0.1, 0.15) is 29.7 Å². The first-order chi connectivity index (χ1) is 21.9. The topological polar surface area (TPSA) is 220 Å². The highest BCUT2D eigenvalue weighted by molar-refractivity contribution is 8.13. The third kappa shape index (κ3) is 12.6. The highest BCUT2D eigenvalue weighted by atomic mass is 32.2.